The minimum absolute atomic E-state index is 0.701. The molecule has 0 bridgehead atoms. The van der Waals surface area contributed by atoms with Gasteiger partial charge in [-0.25, -0.2) is 0 Å². The van der Waals surface area contributed by atoms with Gasteiger partial charge in [0.15, 0.2) is 0 Å². The summed E-state index contributed by atoms with van der Waals surface area (Å²) in [6, 6.07) is 9.68. The van der Waals surface area contributed by atoms with Gasteiger partial charge in [0.1, 0.15) is 0 Å². The van der Waals surface area contributed by atoms with Crippen molar-refractivity contribution in [1.29, 1.82) is 0 Å². The highest BCUT2D eigenvalue weighted by atomic mass is 15.1. The van der Waals surface area contributed by atoms with E-state index in [2.05, 4.69) is 40.4 Å². The molecule has 0 saturated heterocycles. The Morgan fingerprint density at radius 1 is 1.28 bits per heavy atom. The van der Waals surface area contributed by atoms with Gasteiger partial charge < -0.3 is 5.32 Å². The Labute approximate surface area is 110 Å². The average Bonchev–Trinajstić information content (AvgIpc) is 3.16. The lowest BCUT2D eigenvalue weighted by Gasteiger charge is -2.13. The van der Waals surface area contributed by atoms with Crippen molar-refractivity contribution in [2.45, 2.75) is 31.8 Å². The molecule has 1 aromatic rings. The Morgan fingerprint density at radius 3 is 2.56 bits per heavy atom. The van der Waals surface area contributed by atoms with Crippen LogP contribution in [0.5, 0.6) is 0 Å². The highest BCUT2D eigenvalue weighted by molar-refractivity contribution is 5.22. The van der Waals surface area contributed by atoms with Crippen molar-refractivity contribution < 1.29 is 0 Å². The van der Waals surface area contributed by atoms with E-state index in [0.717, 1.165) is 25.6 Å². The Hall–Kier alpha value is -1.30. The molecule has 0 aliphatic heterocycles. The van der Waals surface area contributed by atoms with Gasteiger partial charge in [-0.2, -0.15) is 0 Å². The third kappa shape index (κ3) is 4.52. The van der Waals surface area contributed by atoms with Crippen molar-refractivity contribution in [3.63, 3.8) is 0 Å². The Bertz CT molecular complexity index is 398. The zero-order valence-corrected chi connectivity index (χ0v) is 11.2. The van der Waals surface area contributed by atoms with Crippen molar-refractivity contribution in [2.24, 2.45) is 0 Å². The van der Waals surface area contributed by atoms with Gasteiger partial charge in [0.05, 0.1) is 6.54 Å². The molecule has 2 rings (SSSR count). The zero-order valence-electron chi connectivity index (χ0n) is 11.2. The second-order valence-electron chi connectivity index (χ2n) is 5.17. The fourth-order valence-corrected chi connectivity index (χ4v) is 2.04. The number of hydrogen-bond donors (Lipinski definition) is 1. The molecule has 0 spiro atoms. The Morgan fingerprint density at radius 2 is 1.94 bits per heavy atom. The van der Waals surface area contributed by atoms with E-state index < -0.39 is 0 Å². The van der Waals surface area contributed by atoms with E-state index in [1.807, 2.05) is 7.05 Å². The van der Waals surface area contributed by atoms with Crippen LogP contribution in [0.3, 0.4) is 0 Å². The summed E-state index contributed by atoms with van der Waals surface area (Å²) in [7, 11) is 2.05. The smallest absolute Gasteiger partial charge is 0.0599 e. The third-order valence-electron chi connectivity index (χ3n) is 3.26. The summed E-state index contributed by atoms with van der Waals surface area (Å²) in [6.07, 6.45) is 9.14. The van der Waals surface area contributed by atoms with Gasteiger partial charge in [-0.1, -0.05) is 30.2 Å². The minimum atomic E-state index is 0.701. The largest absolute Gasteiger partial charge is 0.314 e. The number of nitrogens with one attached hydrogen (secondary N) is 1. The minimum Gasteiger partial charge on any atom is -0.314 e. The topological polar surface area (TPSA) is 15.3 Å². The van der Waals surface area contributed by atoms with E-state index in [1.54, 1.807) is 0 Å². The number of benzene rings is 1. The molecule has 96 valence electrons. The summed E-state index contributed by atoms with van der Waals surface area (Å²) in [4.78, 5) is 2.14. The second-order valence-corrected chi connectivity index (χ2v) is 5.17. The van der Waals surface area contributed by atoms with Crippen molar-refractivity contribution in [3.8, 4) is 12.3 Å². The summed E-state index contributed by atoms with van der Waals surface area (Å²) in [5.74, 6) is 2.66. The molecule has 0 heterocycles. The number of terminal acetylenes is 1. The summed E-state index contributed by atoms with van der Waals surface area (Å²) in [5.41, 5.74) is 2.73. The highest BCUT2D eigenvalue weighted by Gasteiger charge is 2.19. The fourth-order valence-electron chi connectivity index (χ4n) is 2.04. The maximum atomic E-state index is 5.29. The summed E-state index contributed by atoms with van der Waals surface area (Å²) < 4.78 is 0. The van der Waals surface area contributed by atoms with Gasteiger partial charge in [-0.3, -0.25) is 4.90 Å². The predicted octanol–water partition coefficient (Wildman–Crippen LogP) is 2.05. The van der Waals surface area contributed by atoms with Crippen molar-refractivity contribution in [3.05, 3.63) is 35.4 Å². The number of nitrogens with zero attached hydrogens (tertiary/aromatic N) is 1. The van der Waals surface area contributed by atoms with Crippen LogP contribution in [0.4, 0.5) is 0 Å². The van der Waals surface area contributed by atoms with Crippen LogP contribution in [-0.4, -0.2) is 31.1 Å². The van der Waals surface area contributed by atoms with Crippen LogP contribution >= 0.6 is 0 Å². The number of rotatable bonds is 7. The monoisotopic (exact) mass is 242 g/mol. The molecule has 1 aromatic carbocycles. The van der Waals surface area contributed by atoms with E-state index in [4.69, 9.17) is 6.42 Å². The van der Waals surface area contributed by atoms with Crippen LogP contribution in [0, 0.1) is 12.3 Å². The first-order chi connectivity index (χ1) is 8.78. The molecule has 1 saturated carbocycles. The van der Waals surface area contributed by atoms with Crippen LogP contribution in [0.1, 0.15) is 24.0 Å². The maximum Gasteiger partial charge on any atom is 0.0599 e. The third-order valence-corrected chi connectivity index (χ3v) is 3.26. The normalized spacial score (nSPS) is 14.7. The summed E-state index contributed by atoms with van der Waals surface area (Å²) in [5, 5.41) is 3.54. The maximum absolute atomic E-state index is 5.29. The van der Waals surface area contributed by atoms with Crippen LogP contribution in [-0.2, 0) is 13.0 Å². The first-order valence-corrected chi connectivity index (χ1v) is 6.71. The molecule has 0 amide bonds. The Balaban J connectivity index is 1.75. The van der Waals surface area contributed by atoms with Gasteiger partial charge in [-0.05, 0) is 44.0 Å². The molecular weight excluding hydrogens is 220 g/mol. The zero-order chi connectivity index (χ0) is 12.8. The van der Waals surface area contributed by atoms with Gasteiger partial charge in [0.2, 0.25) is 0 Å². The van der Waals surface area contributed by atoms with Crippen LogP contribution in [0.15, 0.2) is 24.3 Å². The van der Waals surface area contributed by atoms with Crippen LogP contribution in [0.2, 0.25) is 0 Å². The van der Waals surface area contributed by atoms with E-state index >= 15 is 0 Å². The highest BCUT2D eigenvalue weighted by Crippen LogP contribution is 2.18. The second kappa shape index (κ2) is 6.58. The number of hydrogen-bond acceptors (Lipinski definition) is 2. The SMILES string of the molecule is C#CCN(C)Cc1ccc(CCNC2CC2)cc1. The fraction of sp³-hybridized carbons (Fsp3) is 0.500. The van der Waals surface area contributed by atoms with E-state index in [-0.39, 0.29) is 0 Å². The molecule has 1 aliphatic rings. The first-order valence-electron chi connectivity index (χ1n) is 6.71. The molecular formula is C16H22N2. The van der Waals surface area contributed by atoms with Gasteiger partial charge >= 0.3 is 0 Å². The lowest BCUT2D eigenvalue weighted by Crippen LogP contribution is -2.19. The van der Waals surface area contributed by atoms with E-state index in [0.29, 0.717) is 6.54 Å². The van der Waals surface area contributed by atoms with E-state index in [9.17, 15) is 0 Å². The molecule has 2 nitrogen and oxygen atoms in total. The van der Waals surface area contributed by atoms with Gasteiger partial charge in [-0.15, -0.1) is 6.42 Å². The molecule has 0 unspecified atom stereocenters. The lowest BCUT2D eigenvalue weighted by molar-refractivity contribution is 0.369. The van der Waals surface area contributed by atoms with E-state index in [1.165, 1.54) is 24.0 Å². The van der Waals surface area contributed by atoms with Gasteiger partial charge in [0.25, 0.3) is 0 Å². The molecule has 18 heavy (non-hydrogen) atoms. The van der Waals surface area contributed by atoms with Crippen LogP contribution in [0.25, 0.3) is 0 Å². The standard InChI is InChI=1S/C16H22N2/c1-3-12-18(2)13-15-6-4-14(5-7-15)10-11-17-16-8-9-16/h1,4-7,16-17H,8-13H2,2H3. The summed E-state index contributed by atoms with van der Waals surface area (Å²) >= 11 is 0. The molecule has 1 fully saturated rings. The lowest BCUT2D eigenvalue weighted by atomic mass is 10.1. The molecule has 0 radical (unpaired) electrons. The van der Waals surface area contributed by atoms with Crippen molar-refractivity contribution in [1.82, 2.24) is 10.2 Å². The molecule has 1 aliphatic carbocycles. The van der Waals surface area contributed by atoms with Gasteiger partial charge in [0, 0.05) is 12.6 Å². The first kappa shape index (κ1) is 13.1. The van der Waals surface area contributed by atoms with Crippen molar-refractivity contribution in [2.75, 3.05) is 20.1 Å². The molecule has 1 N–H and O–H groups in total. The average molecular weight is 242 g/mol. The molecule has 0 aromatic heterocycles. The quantitative estimate of drug-likeness (QED) is 0.736. The predicted molar refractivity (Wildman–Crippen MR) is 76.3 cm³/mol. The van der Waals surface area contributed by atoms with Crippen molar-refractivity contribution >= 4 is 0 Å². The molecule has 0 atom stereocenters. The Kier molecular flexibility index (Phi) is 4.81. The molecule has 2 heteroatoms. The van der Waals surface area contributed by atoms with Crippen LogP contribution < -0.4 is 5.32 Å². The summed E-state index contributed by atoms with van der Waals surface area (Å²) in [6.45, 7) is 2.72.